The second kappa shape index (κ2) is 8.09. The average Bonchev–Trinajstić information content (AvgIpc) is 2.50. The highest BCUT2D eigenvalue weighted by molar-refractivity contribution is 6.75. The fourth-order valence-electron chi connectivity index (χ4n) is 2.55. The lowest BCUT2D eigenvalue weighted by Gasteiger charge is -2.33. The molecular weight excluding hydrogens is 393 g/mol. The standard InChI is InChI=1S/C13H15N3O2.C2HCl3O2/c1-13(2)7-6-8(15-16-14)11-10(18-3)5-4-9(17)12(11)13;3-2(4,5)1(6)7/h4-5H,6-7H2,1-3H3;(H,6,7)/b15-8+;. The first-order valence-corrected chi connectivity index (χ1v) is 8.19. The van der Waals surface area contributed by atoms with Gasteiger partial charge in [0.15, 0.2) is 5.10 Å². The first-order chi connectivity index (χ1) is 11.5. The summed E-state index contributed by atoms with van der Waals surface area (Å²) < 4.78 is 3.04. The third kappa shape index (κ3) is 5.11. The summed E-state index contributed by atoms with van der Waals surface area (Å²) in [6.45, 7) is 4.13. The maximum atomic E-state index is 10.1. The Labute approximate surface area is 159 Å². The summed E-state index contributed by atoms with van der Waals surface area (Å²) in [5.41, 5.74) is 2.02. The molecule has 136 valence electrons. The zero-order valence-electron chi connectivity index (χ0n) is 13.7. The van der Waals surface area contributed by atoms with Crippen LogP contribution in [0.15, 0.2) is 17.2 Å². The highest BCUT2D eigenvalue weighted by Crippen LogP contribution is 2.45. The first-order valence-electron chi connectivity index (χ1n) is 7.05. The lowest BCUT2D eigenvalue weighted by Crippen LogP contribution is -2.35. The van der Waals surface area contributed by atoms with Gasteiger partial charge < -0.3 is 19.7 Å². The molecule has 0 unspecified atom stereocenters. The number of carbonyl (C=O) groups excluding carboxylic acids is 1. The Balaban J connectivity index is 0.000000381. The van der Waals surface area contributed by atoms with Crippen molar-refractivity contribution >= 4 is 46.5 Å². The highest BCUT2D eigenvalue weighted by Gasteiger charge is 2.37. The second-order valence-electron chi connectivity index (χ2n) is 5.84. The number of carboxylic acid groups (broad SMARTS) is 1. The third-order valence-electron chi connectivity index (χ3n) is 3.71. The molecule has 0 amide bonds. The number of methoxy groups -OCH3 is 1. The molecule has 1 N–H and O–H groups in total. The van der Waals surface area contributed by atoms with Crippen molar-refractivity contribution in [2.24, 2.45) is 5.10 Å². The number of alkyl halides is 3. The van der Waals surface area contributed by atoms with Gasteiger partial charge in [0.1, 0.15) is 17.2 Å². The van der Waals surface area contributed by atoms with Gasteiger partial charge in [-0.05, 0) is 30.4 Å². The summed E-state index contributed by atoms with van der Waals surface area (Å²) in [5.74, 6) is -0.850. The zero-order chi connectivity index (χ0) is 19.4. The molecule has 0 aliphatic heterocycles. The number of rotatable bonds is 1. The summed E-state index contributed by atoms with van der Waals surface area (Å²) in [4.78, 5) is 9.51. The van der Waals surface area contributed by atoms with Gasteiger partial charge in [0.2, 0.25) is 3.79 Å². The Morgan fingerprint density at radius 1 is 1.44 bits per heavy atom. The van der Waals surface area contributed by atoms with Gasteiger partial charge >= 0.3 is 5.08 Å². The van der Waals surface area contributed by atoms with Crippen LogP contribution >= 0.6 is 34.8 Å². The largest absolute Gasteiger partial charge is 0.545 e. The molecule has 1 aliphatic rings. The van der Waals surface area contributed by atoms with E-state index in [0.717, 1.165) is 17.5 Å². The van der Waals surface area contributed by atoms with Crippen LogP contribution in [0.25, 0.3) is 5.08 Å². The number of phenolic OH excluding ortho intramolecular Hbond substituents is 1. The number of hydrogen-bond acceptors (Lipinski definition) is 6. The van der Waals surface area contributed by atoms with Crippen LogP contribution in [-0.4, -0.2) is 27.7 Å². The zero-order valence-corrected chi connectivity index (χ0v) is 16.0. The van der Waals surface area contributed by atoms with Gasteiger partial charge in [-0.1, -0.05) is 48.7 Å². The molecule has 1 aliphatic carbocycles. The number of fused-ring (bicyclic) bond motifs is 1. The maximum absolute atomic E-state index is 10.1. The van der Waals surface area contributed by atoms with E-state index in [-0.39, 0.29) is 11.2 Å². The molecule has 0 saturated carbocycles. The van der Waals surface area contributed by atoms with Crippen molar-refractivity contribution in [3.8, 4) is 11.5 Å². The van der Waals surface area contributed by atoms with Gasteiger partial charge in [-0.2, -0.15) is 0 Å². The Morgan fingerprint density at radius 2 is 2.00 bits per heavy atom. The molecule has 25 heavy (non-hydrogen) atoms. The van der Waals surface area contributed by atoms with Crippen molar-refractivity contribution in [3.05, 3.63) is 28.3 Å². The number of nitrogens with zero attached hydrogens (tertiary/aromatic N) is 3. The second-order valence-corrected chi connectivity index (χ2v) is 8.12. The van der Waals surface area contributed by atoms with E-state index in [4.69, 9.17) is 44.9 Å². The number of halogens is 3. The number of aliphatic carboxylic acids is 1. The minimum atomic E-state index is -2.28. The van der Waals surface area contributed by atoms with E-state index in [1.807, 2.05) is 0 Å². The molecule has 1 aromatic carbocycles. The van der Waals surface area contributed by atoms with Gasteiger partial charge in [0, 0.05) is 5.56 Å². The van der Waals surface area contributed by atoms with Gasteiger partial charge in [0.05, 0.1) is 18.6 Å². The molecule has 0 fully saturated rings. The number of carboxylic acids is 1. The molecular formula is C15H16Cl3N3O4. The van der Waals surface area contributed by atoms with E-state index in [0.29, 0.717) is 17.9 Å². The Morgan fingerprint density at radius 3 is 2.44 bits per heavy atom. The van der Waals surface area contributed by atoms with Gasteiger partial charge in [-0.25, -0.2) is 0 Å². The lowest BCUT2D eigenvalue weighted by atomic mass is 9.71. The number of phenols is 1. The van der Waals surface area contributed by atoms with Crippen molar-refractivity contribution in [2.75, 3.05) is 7.11 Å². The van der Waals surface area contributed by atoms with Crippen molar-refractivity contribution < 1.29 is 19.7 Å². The minimum Gasteiger partial charge on any atom is -0.545 e. The van der Waals surface area contributed by atoms with Gasteiger partial charge in [0.25, 0.3) is 5.39 Å². The number of hydrogen-bond donors (Lipinski definition) is 1. The molecule has 0 bridgehead atoms. The fraction of sp³-hybridized carbons (Fsp3) is 0.467. The normalized spacial score (nSPS) is 16.9. The molecule has 2 rings (SSSR count). The summed E-state index contributed by atoms with van der Waals surface area (Å²) in [7, 11) is 1.57. The SMILES string of the molecule is COc1ccc(O)c2c1/C(=N/[N+]#N)CCC2(C)C.O=C([O-])C(Cl)(Cl)Cl. The molecule has 1 aromatic rings. The van der Waals surface area contributed by atoms with Crippen LogP contribution in [0.4, 0.5) is 0 Å². The van der Waals surface area contributed by atoms with Crippen molar-refractivity contribution in [1.29, 1.82) is 5.39 Å². The fourth-order valence-corrected chi connectivity index (χ4v) is 2.55. The van der Waals surface area contributed by atoms with E-state index in [1.165, 1.54) is 0 Å². The highest BCUT2D eigenvalue weighted by atomic mass is 35.6. The monoisotopic (exact) mass is 407 g/mol. The van der Waals surface area contributed by atoms with Crippen molar-refractivity contribution in [3.63, 3.8) is 0 Å². The third-order valence-corrected chi connectivity index (χ3v) is 4.18. The summed E-state index contributed by atoms with van der Waals surface area (Å²) in [6.07, 6.45) is 1.51. The van der Waals surface area contributed by atoms with Crippen LogP contribution in [0.5, 0.6) is 11.5 Å². The number of benzene rings is 1. The molecule has 0 heterocycles. The summed E-state index contributed by atoms with van der Waals surface area (Å²) in [5, 5.41) is 34.9. The van der Waals surface area contributed by atoms with E-state index >= 15 is 0 Å². The van der Waals surface area contributed by atoms with Crippen LogP contribution in [0, 0.1) is 5.39 Å². The number of ether oxygens (including phenoxy) is 1. The van der Waals surface area contributed by atoms with Crippen molar-refractivity contribution in [2.45, 2.75) is 35.9 Å². The van der Waals surface area contributed by atoms with E-state index in [1.54, 1.807) is 19.2 Å². The number of diazo groups is 1. The predicted molar refractivity (Wildman–Crippen MR) is 93.8 cm³/mol. The molecule has 0 atom stereocenters. The van der Waals surface area contributed by atoms with E-state index in [2.05, 4.69) is 24.0 Å². The van der Waals surface area contributed by atoms with Crippen LogP contribution in [-0.2, 0) is 10.2 Å². The quantitative estimate of drug-likeness (QED) is 0.436. The summed E-state index contributed by atoms with van der Waals surface area (Å²) in [6, 6.07) is 3.32. The molecule has 7 nitrogen and oxygen atoms in total. The molecule has 0 aromatic heterocycles. The van der Waals surface area contributed by atoms with Crippen LogP contribution in [0.1, 0.15) is 37.8 Å². The van der Waals surface area contributed by atoms with Crippen LogP contribution < -0.4 is 9.84 Å². The van der Waals surface area contributed by atoms with Crippen LogP contribution in [0.3, 0.4) is 0 Å². The lowest BCUT2D eigenvalue weighted by molar-refractivity contribution is -0.304. The topological polar surface area (TPSA) is 110 Å². The molecule has 0 spiro atoms. The smallest absolute Gasteiger partial charge is 0.339 e. The molecule has 0 saturated heterocycles. The van der Waals surface area contributed by atoms with Gasteiger partial charge in [-0.15, -0.1) is 0 Å². The Hall–Kier alpha value is -1.75. The Kier molecular flexibility index (Phi) is 6.89. The number of aromatic hydroxyl groups is 1. The first kappa shape index (κ1) is 21.3. The molecule has 10 heteroatoms. The Bertz CT molecular complexity index is 737. The molecule has 0 radical (unpaired) electrons. The maximum Gasteiger partial charge on any atom is 0.339 e. The average molecular weight is 409 g/mol. The van der Waals surface area contributed by atoms with Crippen molar-refractivity contribution in [1.82, 2.24) is 0 Å². The van der Waals surface area contributed by atoms with E-state index in [9.17, 15) is 15.0 Å². The van der Waals surface area contributed by atoms with Crippen LogP contribution in [0.2, 0.25) is 0 Å². The minimum absolute atomic E-state index is 0.164. The predicted octanol–water partition coefficient (Wildman–Crippen LogP) is 3.14. The van der Waals surface area contributed by atoms with E-state index < -0.39 is 9.76 Å². The number of carbonyl (C=O) groups is 1. The van der Waals surface area contributed by atoms with Gasteiger partial charge in [-0.3, -0.25) is 0 Å². The summed E-state index contributed by atoms with van der Waals surface area (Å²) >= 11 is 14.2.